The average molecular weight is 353 g/mol. The minimum absolute atomic E-state index is 0.244. The van der Waals surface area contributed by atoms with Crippen molar-refractivity contribution in [3.63, 3.8) is 0 Å². The van der Waals surface area contributed by atoms with E-state index in [9.17, 15) is 28.1 Å². The number of anilines is 1. The summed E-state index contributed by atoms with van der Waals surface area (Å²) in [5.74, 6) is -0.504. The molecule has 0 saturated carbocycles. The van der Waals surface area contributed by atoms with Crippen molar-refractivity contribution >= 4 is 17.3 Å². The molecule has 1 amide bonds. The SMILES string of the molecule is O=C(CNc1ccc([N+](=O)[O-])cc1C(F)(F)F)NCc1ccccc1. The predicted octanol–water partition coefficient (Wildman–Crippen LogP) is 3.34. The van der Waals surface area contributed by atoms with Crippen molar-refractivity contribution in [2.24, 2.45) is 0 Å². The summed E-state index contributed by atoms with van der Waals surface area (Å²) in [4.78, 5) is 21.5. The molecule has 0 aliphatic carbocycles. The number of carbonyl (C=O) groups is 1. The summed E-state index contributed by atoms with van der Waals surface area (Å²) in [6.07, 6.45) is -4.78. The van der Waals surface area contributed by atoms with E-state index in [1.54, 1.807) is 24.3 Å². The predicted molar refractivity (Wildman–Crippen MR) is 84.9 cm³/mol. The minimum Gasteiger partial charge on any atom is -0.376 e. The first kappa shape index (κ1) is 18.2. The highest BCUT2D eigenvalue weighted by atomic mass is 19.4. The second-order valence-corrected chi connectivity index (χ2v) is 5.10. The van der Waals surface area contributed by atoms with Crippen molar-refractivity contribution in [1.82, 2.24) is 5.32 Å². The number of non-ortho nitro benzene ring substituents is 1. The molecular formula is C16H14F3N3O3. The van der Waals surface area contributed by atoms with Crippen LogP contribution in [0.3, 0.4) is 0 Å². The molecule has 25 heavy (non-hydrogen) atoms. The molecule has 2 aromatic carbocycles. The van der Waals surface area contributed by atoms with Crippen LogP contribution >= 0.6 is 0 Å². The van der Waals surface area contributed by atoms with Crippen molar-refractivity contribution in [3.05, 3.63) is 69.8 Å². The molecule has 0 aliphatic rings. The molecule has 0 aromatic heterocycles. The molecular weight excluding hydrogens is 339 g/mol. The van der Waals surface area contributed by atoms with Crippen molar-refractivity contribution in [2.45, 2.75) is 12.7 Å². The van der Waals surface area contributed by atoms with E-state index in [0.29, 0.717) is 6.07 Å². The zero-order valence-electron chi connectivity index (χ0n) is 12.8. The van der Waals surface area contributed by atoms with Crippen LogP contribution in [0.15, 0.2) is 48.5 Å². The summed E-state index contributed by atoms with van der Waals surface area (Å²) >= 11 is 0. The molecule has 0 radical (unpaired) electrons. The van der Waals surface area contributed by atoms with Crippen molar-refractivity contribution in [3.8, 4) is 0 Å². The van der Waals surface area contributed by atoms with E-state index in [2.05, 4.69) is 10.6 Å². The molecule has 132 valence electrons. The largest absolute Gasteiger partial charge is 0.418 e. The number of rotatable bonds is 6. The Labute approximate surface area is 140 Å². The normalized spacial score (nSPS) is 11.0. The Hall–Kier alpha value is -3.10. The molecule has 0 aliphatic heterocycles. The maximum Gasteiger partial charge on any atom is 0.418 e. The zero-order valence-corrected chi connectivity index (χ0v) is 12.8. The van der Waals surface area contributed by atoms with Crippen LogP contribution < -0.4 is 10.6 Å². The highest BCUT2D eigenvalue weighted by Crippen LogP contribution is 2.36. The summed E-state index contributed by atoms with van der Waals surface area (Å²) in [5.41, 5.74) is -1.42. The number of hydrogen-bond donors (Lipinski definition) is 2. The number of alkyl halides is 3. The van der Waals surface area contributed by atoms with Crippen molar-refractivity contribution < 1.29 is 22.9 Å². The van der Waals surface area contributed by atoms with Crippen molar-refractivity contribution in [1.29, 1.82) is 0 Å². The minimum atomic E-state index is -4.78. The monoisotopic (exact) mass is 353 g/mol. The number of halogens is 3. The number of nitrogens with one attached hydrogen (secondary N) is 2. The number of nitrogens with zero attached hydrogens (tertiary/aromatic N) is 1. The lowest BCUT2D eigenvalue weighted by molar-refractivity contribution is -0.385. The van der Waals surface area contributed by atoms with Crippen LogP contribution in [0, 0.1) is 10.1 Å². The summed E-state index contributed by atoms with van der Waals surface area (Å²) in [7, 11) is 0. The van der Waals surface area contributed by atoms with Crippen LogP contribution in [0.25, 0.3) is 0 Å². The first-order valence-electron chi connectivity index (χ1n) is 7.17. The third kappa shape index (κ3) is 5.20. The van der Waals surface area contributed by atoms with Gasteiger partial charge in [0.15, 0.2) is 0 Å². The Morgan fingerprint density at radius 2 is 1.80 bits per heavy atom. The molecule has 2 aromatic rings. The maximum absolute atomic E-state index is 13.0. The van der Waals surface area contributed by atoms with Gasteiger partial charge in [0, 0.05) is 24.4 Å². The lowest BCUT2D eigenvalue weighted by Gasteiger charge is -2.14. The van der Waals surface area contributed by atoms with Crippen LogP contribution in [-0.2, 0) is 17.5 Å². The fourth-order valence-corrected chi connectivity index (χ4v) is 2.07. The first-order valence-corrected chi connectivity index (χ1v) is 7.17. The lowest BCUT2D eigenvalue weighted by atomic mass is 10.1. The van der Waals surface area contributed by atoms with Gasteiger partial charge in [0.05, 0.1) is 17.0 Å². The Kier molecular flexibility index (Phi) is 5.58. The first-order chi connectivity index (χ1) is 11.8. The van der Waals surface area contributed by atoms with Gasteiger partial charge in [0.1, 0.15) is 0 Å². The van der Waals surface area contributed by atoms with E-state index in [1.807, 2.05) is 6.07 Å². The van der Waals surface area contributed by atoms with Crippen molar-refractivity contribution in [2.75, 3.05) is 11.9 Å². The summed E-state index contributed by atoms with van der Waals surface area (Å²) in [6.45, 7) is -0.151. The number of carbonyl (C=O) groups excluding carboxylic acids is 1. The topological polar surface area (TPSA) is 84.3 Å². The van der Waals surface area contributed by atoms with E-state index in [1.165, 1.54) is 0 Å². The highest BCUT2D eigenvalue weighted by molar-refractivity contribution is 5.81. The smallest absolute Gasteiger partial charge is 0.376 e. The quantitative estimate of drug-likeness (QED) is 0.616. The third-order valence-corrected chi connectivity index (χ3v) is 3.29. The fourth-order valence-electron chi connectivity index (χ4n) is 2.07. The number of nitro groups is 1. The van der Waals surface area contributed by atoms with Crippen LogP contribution in [-0.4, -0.2) is 17.4 Å². The van der Waals surface area contributed by atoms with E-state index in [4.69, 9.17) is 0 Å². The van der Waals surface area contributed by atoms with Crippen LogP contribution in [0.2, 0.25) is 0 Å². The van der Waals surface area contributed by atoms with Gasteiger partial charge in [-0.2, -0.15) is 13.2 Å². The molecule has 0 atom stereocenters. The molecule has 9 heteroatoms. The second kappa shape index (κ2) is 7.65. The molecule has 0 heterocycles. The molecule has 0 bridgehead atoms. The van der Waals surface area contributed by atoms with Crippen LogP contribution in [0.1, 0.15) is 11.1 Å². The lowest BCUT2D eigenvalue weighted by Crippen LogP contribution is -2.29. The Balaban J connectivity index is 2.02. The molecule has 0 saturated heterocycles. The summed E-state index contributed by atoms with van der Waals surface area (Å²) in [5, 5.41) is 15.6. The van der Waals surface area contributed by atoms with Gasteiger partial charge in [-0.05, 0) is 11.6 Å². The molecule has 0 fully saturated rings. The Morgan fingerprint density at radius 1 is 1.12 bits per heavy atom. The van der Waals surface area contributed by atoms with E-state index in [0.717, 1.165) is 17.7 Å². The standard InChI is InChI=1S/C16H14F3N3O3/c17-16(18,19)13-8-12(22(24)25)6-7-14(13)20-10-15(23)21-9-11-4-2-1-3-5-11/h1-8,20H,9-10H2,(H,21,23). The Bertz CT molecular complexity index is 764. The number of hydrogen-bond acceptors (Lipinski definition) is 4. The highest BCUT2D eigenvalue weighted by Gasteiger charge is 2.35. The average Bonchev–Trinajstić information content (AvgIpc) is 2.58. The number of amides is 1. The third-order valence-electron chi connectivity index (χ3n) is 3.29. The van der Waals surface area contributed by atoms with Gasteiger partial charge in [-0.25, -0.2) is 0 Å². The van der Waals surface area contributed by atoms with Gasteiger partial charge in [-0.1, -0.05) is 30.3 Å². The van der Waals surface area contributed by atoms with Gasteiger partial charge >= 0.3 is 6.18 Å². The molecule has 0 unspecified atom stereocenters. The zero-order chi connectivity index (χ0) is 18.4. The van der Waals surface area contributed by atoms with E-state index >= 15 is 0 Å². The summed E-state index contributed by atoms with van der Waals surface area (Å²) in [6, 6.07) is 11.3. The van der Waals surface area contributed by atoms with Gasteiger partial charge in [0.25, 0.3) is 5.69 Å². The summed E-state index contributed by atoms with van der Waals surface area (Å²) < 4.78 is 39.1. The number of nitro benzene ring substituents is 1. The second-order valence-electron chi connectivity index (χ2n) is 5.10. The fraction of sp³-hybridized carbons (Fsp3) is 0.188. The molecule has 2 rings (SSSR count). The number of benzene rings is 2. The molecule has 2 N–H and O–H groups in total. The van der Waals surface area contributed by atoms with Gasteiger partial charge in [-0.3, -0.25) is 14.9 Å². The van der Waals surface area contributed by atoms with E-state index in [-0.39, 0.29) is 6.54 Å². The van der Waals surface area contributed by atoms with Gasteiger partial charge in [0.2, 0.25) is 5.91 Å². The maximum atomic E-state index is 13.0. The molecule has 0 spiro atoms. The van der Waals surface area contributed by atoms with Gasteiger partial charge in [-0.15, -0.1) is 0 Å². The van der Waals surface area contributed by atoms with E-state index < -0.39 is 40.5 Å². The molecule has 6 nitrogen and oxygen atoms in total. The Morgan fingerprint density at radius 3 is 2.40 bits per heavy atom. The van der Waals surface area contributed by atoms with Crippen LogP contribution in [0.4, 0.5) is 24.5 Å². The van der Waals surface area contributed by atoms with Crippen LogP contribution in [0.5, 0.6) is 0 Å². The van der Waals surface area contributed by atoms with Gasteiger partial charge < -0.3 is 10.6 Å².